The number of aliphatic carboxylic acids is 1. The molecule has 0 saturated carbocycles. The first kappa shape index (κ1) is 22.3. The number of carbonyl (C=O) groups excluding carboxylic acids is 2. The maximum absolute atomic E-state index is 12.4. The van der Waals surface area contributed by atoms with Crippen molar-refractivity contribution in [2.24, 2.45) is 0 Å². The molecule has 0 fully saturated rings. The fourth-order valence-electron chi connectivity index (χ4n) is 2.45. The highest BCUT2D eigenvalue weighted by Crippen LogP contribution is 2.25. The first-order chi connectivity index (χ1) is 13.8. The molecule has 1 heterocycles. The van der Waals surface area contributed by atoms with Gasteiger partial charge in [0.25, 0.3) is 11.5 Å². The first-order valence-corrected chi connectivity index (χ1v) is 10.0. The molecule has 0 aliphatic rings. The van der Waals surface area contributed by atoms with E-state index in [-0.39, 0.29) is 16.7 Å². The molecule has 0 saturated heterocycles. The Balaban J connectivity index is 2.15. The lowest BCUT2D eigenvalue weighted by Crippen LogP contribution is -2.34. The third-order valence-electron chi connectivity index (χ3n) is 3.93. The number of carboxylic acids is 1. The number of nitrogens with one attached hydrogen (secondary N) is 2. The summed E-state index contributed by atoms with van der Waals surface area (Å²) < 4.78 is 5.32. The molecule has 1 aromatic carbocycles. The van der Waals surface area contributed by atoms with Crippen molar-refractivity contribution in [3.05, 3.63) is 40.2 Å². The first-order valence-electron chi connectivity index (χ1n) is 9.17. The Hall–Kier alpha value is -3.01. The van der Waals surface area contributed by atoms with Crippen LogP contribution in [0.15, 0.2) is 34.2 Å². The number of carboxylic acid groups (broad SMARTS) is 1. The smallest absolute Gasteiger partial charge is 0.277 e. The quantitative estimate of drug-likeness (QED) is 0.386. The zero-order chi connectivity index (χ0) is 21.4. The van der Waals surface area contributed by atoms with Crippen molar-refractivity contribution in [1.29, 1.82) is 0 Å². The number of nitrogen functional groups attached to an aromatic ring is 1. The lowest BCUT2D eigenvalue weighted by molar-refractivity contribution is -0.304. The van der Waals surface area contributed by atoms with E-state index in [9.17, 15) is 19.5 Å². The van der Waals surface area contributed by atoms with E-state index in [0.29, 0.717) is 30.8 Å². The molecule has 0 aliphatic heterocycles. The average Bonchev–Trinajstić information content (AvgIpc) is 2.68. The average molecular weight is 419 g/mol. The minimum absolute atomic E-state index is 0.0527. The van der Waals surface area contributed by atoms with Gasteiger partial charge < -0.3 is 25.7 Å². The zero-order valence-electron chi connectivity index (χ0n) is 16.2. The molecule has 1 amide bonds. The second-order valence-corrected chi connectivity index (χ2v) is 7.30. The van der Waals surface area contributed by atoms with E-state index in [1.807, 2.05) is 13.8 Å². The number of H-pyrrole nitrogens is 1. The zero-order valence-corrected chi connectivity index (χ0v) is 17.0. The molecule has 4 N–H and O–H groups in total. The minimum Gasteiger partial charge on any atom is -0.549 e. The van der Waals surface area contributed by atoms with Crippen molar-refractivity contribution in [3.8, 4) is 5.75 Å². The number of aromatic amines is 1. The molecule has 2 aromatic rings. The number of thioether (sulfide) groups is 1. The van der Waals surface area contributed by atoms with E-state index in [1.54, 1.807) is 24.3 Å². The van der Waals surface area contributed by atoms with E-state index in [1.165, 1.54) is 0 Å². The van der Waals surface area contributed by atoms with Crippen molar-refractivity contribution in [2.45, 2.75) is 43.5 Å². The fourth-order valence-corrected chi connectivity index (χ4v) is 3.40. The van der Waals surface area contributed by atoms with Gasteiger partial charge in [0.1, 0.15) is 11.4 Å². The normalized spacial score (nSPS) is 11.7. The van der Waals surface area contributed by atoms with Gasteiger partial charge in [-0.2, -0.15) is 0 Å². The molecule has 10 heteroatoms. The van der Waals surface area contributed by atoms with Crippen LogP contribution in [0, 0.1) is 0 Å². The summed E-state index contributed by atoms with van der Waals surface area (Å²) in [6.07, 6.45) is 1.90. The lowest BCUT2D eigenvalue weighted by Gasteiger charge is -2.17. The summed E-state index contributed by atoms with van der Waals surface area (Å²) in [5.41, 5.74) is 5.25. The van der Waals surface area contributed by atoms with Crippen LogP contribution in [0.2, 0.25) is 0 Å². The molecular formula is C19H23N4O5S-. The number of carbonyl (C=O) groups is 2. The van der Waals surface area contributed by atoms with E-state index < -0.39 is 22.7 Å². The summed E-state index contributed by atoms with van der Waals surface area (Å²) in [7, 11) is 0. The lowest BCUT2D eigenvalue weighted by atomic mass is 10.2. The van der Waals surface area contributed by atoms with Crippen LogP contribution in [0.4, 0.5) is 11.5 Å². The molecule has 156 valence electrons. The Morgan fingerprint density at radius 1 is 1.31 bits per heavy atom. The predicted molar refractivity (Wildman–Crippen MR) is 109 cm³/mol. The monoisotopic (exact) mass is 419 g/mol. The number of amides is 1. The van der Waals surface area contributed by atoms with Crippen LogP contribution in [0.1, 0.15) is 43.5 Å². The highest BCUT2D eigenvalue weighted by atomic mass is 32.2. The maximum atomic E-state index is 12.4. The van der Waals surface area contributed by atoms with Crippen molar-refractivity contribution < 1.29 is 19.4 Å². The van der Waals surface area contributed by atoms with E-state index in [2.05, 4.69) is 15.3 Å². The number of nitrogens with zero attached hydrogens (tertiary/aromatic N) is 1. The largest absolute Gasteiger partial charge is 0.549 e. The Kier molecular flexibility index (Phi) is 8.08. The molecular weight excluding hydrogens is 396 g/mol. The summed E-state index contributed by atoms with van der Waals surface area (Å²) >= 11 is 0.860. The van der Waals surface area contributed by atoms with Crippen LogP contribution < -0.4 is 26.5 Å². The van der Waals surface area contributed by atoms with Gasteiger partial charge in [0, 0.05) is 5.56 Å². The fraction of sp³-hybridized carbons (Fsp3) is 0.368. The van der Waals surface area contributed by atoms with Gasteiger partial charge in [-0.3, -0.25) is 14.6 Å². The Morgan fingerprint density at radius 2 is 2.00 bits per heavy atom. The highest BCUT2D eigenvalue weighted by Gasteiger charge is 2.17. The second-order valence-electron chi connectivity index (χ2n) is 6.11. The molecule has 2 rings (SSSR count). The summed E-state index contributed by atoms with van der Waals surface area (Å²) in [4.78, 5) is 42.4. The van der Waals surface area contributed by atoms with Crippen molar-refractivity contribution >= 4 is 35.1 Å². The number of hydrogen-bond donors (Lipinski definition) is 3. The van der Waals surface area contributed by atoms with Crippen molar-refractivity contribution in [2.75, 3.05) is 17.7 Å². The van der Waals surface area contributed by atoms with Crippen molar-refractivity contribution in [3.63, 3.8) is 0 Å². The Labute approximate surface area is 172 Å². The molecule has 0 spiro atoms. The molecule has 1 aromatic heterocycles. The Morgan fingerprint density at radius 3 is 2.55 bits per heavy atom. The molecule has 0 radical (unpaired) electrons. The van der Waals surface area contributed by atoms with Gasteiger partial charge in [-0.15, -0.1) is 0 Å². The summed E-state index contributed by atoms with van der Waals surface area (Å²) in [5.74, 6) is -1.36. The number of ether oxygens (including phenoxy) is 1. The predicted octanol–water partition coefficient (Wildman–Crippen LogP) is 1.40. The Bertz CT molecular complexity index is 914. The van der Waals surface area contributed by atoms with Gasteiger partial charge in [0.15, 0.2) is 11.0 Å². The van der Waals surface area contributed by atoms with Crippen LogP contribution in [0.3, 0.4) is 0 Å². The topological polar surface area (TPSA) is 150 Å². The number of rotatable bonds is 10. The van der Waals surface area contributed by atoms with Crippen LogP contribution >= 0.6 is 11.8 Å². The van der Waals surface area contributed by atoms with Crippen molar-refractivity contribution in [1.82, 2.24) is 9.97 Å². The summed E-state index contributed by atoms with van der Waals surface area (Å²) in [5, 5.41) is 12.9. The van der Waals surface area contributed by atoms with Crippen LogP contribution in [0.5, 0.6) is 5.75 Å². The standard InChI is InChI=1S/C19H24N4O5S/c1-3-5-6-13(18(26)27)29-19-22-15(20)14(17(25)23-19)21-16(24)11-7-9-12(10-8-11)28-4-2/h7-10,13H,3-6H2,1-2H3,(H,21,24)(H,26,27)(H3,20,22,23,25)/p-1/t13-/m0/s1. The summed E-state index contributed by atoms with van der Waals surface area (Å²) in [6, 6.07) is 6.39. The van der Waals surface area contributed by atoms with Gasteiger partial charge in [0.05, 0.1) is 17.8 Å². The van der Waals surface area contributed by atoms with Gasteiger partial charge in [-0.1, -0.05) is 31.5 Å². The highest BCUT2D eigenvalue weighted by molar-refractivity contribution is 8.00. The van der Waals surface area contributed by atoms with Gasteiger partial charge in [-0.25, -0.2) is 4.98 Å². The van der Waals surface area contributed by atoms with Crippen LogP contribution in [-0.4, -0.2) is 33.7 Å². The van der Waals surface area contributed by atoms with Gasteiger partial charge in [-0.05, 0) is 37.6 Å². The summed E-state index contributed by atoms with van der Waals surface area (Å²) in [6.45, 7) is 4.30. The molecule has 0 unspecified atom stereocenters. The molecule has 1 atom stereocenters. The third-order valence-corrected chi connectivity index (χ3v) is 5.06. The van der Waals surface area contributed by atoms with Gasteiger partial charge >= 0.3 is 0 Å². The SMILES string of the molecule is CCCC[C@H](Sc1nc(N)c(NC(=O)c2ccc(OCC)cc2)c(=O)[nH]1)C(=O)[O-]. The van der Waals surface area contributed by atoms with Crippen LogP contribution in [-0.2, 0) is 4.79 Å². The number of aromatic nitrogens is 2. The van der Waals surface area contributed by atoms with Gasteiger partial charge in [0.2, 0.25) is 0 Å². The number of hydrogen-bond acceptors (Lipinski definition) is 8. The molecule has 0 aliphatic carbocycles. The molecule has 29 heavy (non-hydrogen) atoms. The second kappa shape index (κ2) is 10.5. The van der Waals surface area contributed by atoms with E-state index in [4.69, 9.17) is 10.5 Å². The number of benzene rings is 1. The molecule has 0 bridgehead atoms. The number of nitrogens with two attached hydrogens (primary N) is 1. The maximum Gasteiger partial charge on any atom is 0.277 e. The minimum atomic E-state index is -1.24. The number of anilines is 2. The molecule has 9 nitrogen and oxygen atoms in total. The van der Waals surface area contributed by atoms with E-state index in [0.717, 1.165) is 18.2 Å². The third kappa shape index (κ3) is 6.24. The number of unbranched alkanes of at least 4 members (excludes halogenated alkanes) is 1. The van der Waals surface area contributed by atoms with Crippen LogP contribution in [0.25, 0.3) is 0 Å². The van der Waals surface area contributed by atoms with E-state index >= 15 is 0 Å².